The number of hydrogen-bond acceptors (Lipinski definition) is 3. The predicted octanol–water partition coefficient (Wildman–Crippen LogP) is 1.62. The van der Waals surface area contributed by atoms with Crippen LogP contribution in [0.25, 0.3) is 0 Å². The van der Waals surface area contributed by atoms with Gasteiger partial charge >= 0.3 is 0 Å². The number of benzene rings is 1. The van der Waals surface area contributed by atoms with E-state index in [1.807, 2.05) is 12.1 Å². The van der Waals surface area contributed by atoms with Crippen molar-refractivity contribution >= 4 is 0 Å². The summed E-state index contributed by atoms with van der Waals surface area (Å²) in [6.07, 6.45) is 3.64. The summed E-state index contributed by atoms with van der Waals surface area (Å²) in [4.78, 5) is 2.44. The Morgan fingerprint density at radius 3 is 2.76 bits per heavy atom. The van der Waals surface area contributed by atoms with Crippen LogP contribution in [-0.2, 0) is 6.42 Å². The molecule has 17 heavy (non-hydrogen) atoms. The number of phenolic OH excluding ortho intramolecular Hbond substituents is 1. The van der Waals surface area contributed by atoms with Gasteiger partial charge in [-0.1, -0.05) is 12.1 Å². The normalized spacial score (nSPS) is 20.7. The maximum Gasteiger partial charge on any atom is 0.115 e. The molecular formula is C14H22N2O. The molecule has 1 atom stereocenters. The van der Waals surface area contributed by atoms with Crippen molar-refractivity contribution < 1.29 is 5.11 Å². The van der Waals surface area contributed by atoms with Gasteiger partial charge in [0.15, 0.2) is 0 Å². The Balaban J connectivity index is 1.78. The van der Waals surface area contributed by atoms with Gasteiger partial charge in [-0.15, -0.1) is 0 Å². The molecular weight excluding hydrogens is 212 g/mol. The van der Waals surface area contributed by atoms with E-state index >= 15 is 0 Å². The third-order valence-electron chi connectivity index (χ3n) is 3.58. The highest BCUT2D eigenvalue weighted by Crippen LogP contribution is 2.12. The summed E-state index contributed by atoms with van der Waals surface area (Å²) in [5, 5.41) is 12.7. The third kappa shape index (κ3) is 3.72. The van der Waals surface area contributed by atoms with Crippen LogP contribution in [0.3, 0.4) is 0 Å². The highest BCUT2D eigenvalue weighted by molar-refractivity contribution is 5.25. The Kier molecular flexibility index (Phi) is 4.40. The zero-order chi connectivity index (χ0) is 12.1. The Morgan fingerprint density at radius 2 is 2.12 bits per heavy atom. The number of piperidine rings is 1. The monoisotopic (exact) mass is 234 g/mol. The van der Waals surface area contributed by atoms with Crippen LogP contribution < -0.4 is 5.32 Å². The molecule has 0 spiro atoms. The van der Waals surface area contributed by atoms with E-state index in [9.17, 15) is 5.11 Å². The Labute approximate surface area is 103 Å². The number of likely N-dealkylation sites (N-methyl/N-ethyl adjacent to an activating group) is 1. The minimum Gasteiger partial charge on any atom is -0.508 e. The second-order valence-corrected chi connectivity index (χ2v) is 4.90. The van der Waals surface area contributed by atoms with E-state index in [0.29, 0.717) is 11.8 Å². The van der Waals surface area contributed by atoms with Crippen LogP contribution in [0, 0.1) is 0 Å². The Hall–Kier alpha value is -1.06. The number of hydrogen-bond donors (Lipinski definition) is 2. The van der Waals surface area contributed by atoms with Crippen LogP contribution in [0.4, 0.5) is 0 Å². The molecule has 3 heteroatoms. The second kappa shape index (κ2) is 6.03. The lowest BCUT2D eigenvalue weighted by atomic mass is 10.1. The van der Waals surface area contributed by atoms with Gasteiger partial charge in [0.05, 0.1) is 0 Å². The maximum atomic E-state index is 9.22. The summed E-state index contributed by atoms with van der Waals surface area (Å²) in [5.74, 6) is 0.346. The summed E-state index contributed by atoms with van der Waals surface area (Å²) >= 11 is 0. The molecule has 1 unspecified atom stereocenters. The molecule has 0 aromatic heterocycles. The van der Waals surface area contributed by atoms with E-state index in [-0.39, 0.29) is 0 Å². The fourth-order valence-electron chi connectivity index (χ4n) is 2.36. The number of aromatic hydroxyl groups is 1. The summed E-state index contributed by atoms with van der Waals surface area (Å²) in [5.41, 5.74) is 1.29. The van der Waals surface area contributed by atoms with E-state index in [2.05, 4.69) is 17.3 Å². The van der Waals surface area contributed by atoms with Gasteiger partial charge in [-0.2, -0.15) is 0 Å². The lowest BCUT2D eigenvalue weighted by Gasteiger charge is -2.31. The average molecular weight is 234 g/mol. The quantitative estimate of drug-likeness (QED) is 0.831. The lowest BCUT2D eigenvalue weighted by Crippen LogP contribution is -2.44. The van der Waals surface area contributed by atoms with Crippen molar-refractivity contribution in [2.45, 2.75) is 25.3 Å². The molecule has 1 aromatic carbocycles. The van der Waals surface area contributed by atoms with Crippen LogP contribution >= 0.6 is 0 Å². The molecule has 1 fully saturated rings. The van der Waals surface area contributed by atoms with Crippen molar-refractivity contribution in [3.8, 4) is 5.75 Å². The number of rotatable bonds is 4. The predicted molar refractivity (Wildman–Crippen MR) is 70.3 cm³/mol. The van der Waals surface area contributed by atoms with Crippen molar-refractivity contribution in [1.29, 1.82) is 0 Å². The molecule has 1 aliphatic heterocycles. The van der Waals surface area contributed by atoms with Gasteiger partial charge in [-0.25, -0.2) is 0 Å². The molecule has 3 nitrogen and oxygen atoms in total. The van der Waals surface area contributed by atoms with E-state index in [4.69, 9.17) is 0 Å². The SMILES string of the molecule is CN(CCc1ccc(O)cc1)C1CCCNC1. The van der Waals surface area contributed by atoms with Crippen LogP contribution in [0.15, 0.2) is 24.3 Å². The maximum absolute atomic E-state index is 9.22. The van der Waals surface area contributed by atoms with Gasteiger partial charge in [0, 0.05) is 19.1 Å². The first kappa shape index (κ1) is 12.4. The van der Waals surface area contributed by atoms with E-state index in [1.165, 1.54) is 24.9 Å². The standard InChI is InChI=1S/C14H22N2O/c1-16(13-3-2-9-15-11-13)10-8-12-4-6-14(17)7-5-12/h4-7,13,15,17H,2-3,8-11H2,1H3. The highest BCUT2D eigenvalue weighted by atomic mass is 16.3. The van der Waals surface area contributed by atoms with Crippen LogP contribution in [0.1, 0.15) is 18.4 Å². The minimum absolute atomic E-state index is 0.346. The molecule has 0 amide bonds. The third-order valence-corrected chi connectivity index (χ3v) is 3.58. The summed E-state index contributed by atoms with van der Waals surface area (Å²) in [6, 6.07) is 8.21. The molecule has 2 rings (SSSR count). The summed E-state index contributed by atoms with van der Waals surface area (Å²) in [6.45, 7) is 3.37. The molecule has 1 aromatic rings. The van der Waals surface area contributed by atoms with Gasteiger partial charge in [0.25, 0.3) is 0 Å². The fraction of sp³-hybridized carbons (Fsp3) is 0.571. The zero-order valence-corrected chi connectivity index (χ0v) is 10.5. The molecule has 94 valence electrons. The minimum atomic E-state index is 0.346. The number of phenols is 1. The van der Waals surface area contributed by atoms with Crippen molar-refractivity contribution in [3.05, 3.63) is 29.8 Å². The Morgan fingerprint density at radius 1 is 1.35 bits per heavy atom. The molecule has 0 radical (unpaired) electrons. The topological polar surface area (TPSA) is 35.5 Å². The van der Waals surface area contributed by atoms with Gasteiger partial charge in [0.2, 0.25) is 0 Å². The molecule has 1 heterocycles. The van der Waals surface area contributed by atoms with Crippen molar-refractivity contribution in [3.63, 3.8) is 0 Å². The largest absolute Gasteiger partial charge is 0.508 e. The molecule has 0 aliphatic carbocycles. The van der Waals surface area contributed by atoms with Crippen molar-refractivity contribution in [2.24, 2.45) is 0 Å². The number of nitrogens with zero attached hydrogens (tertiary/aromatic N) is 1. The van der Waals surface area contributed by atoms with E-state index in [0.717, 1.165) is 19.5 Å². The summed E-state index contributed by atoms with van der Waals surface area (Å²) in [7, 11) is 2.21. The number of nitrogens with one attached hydrogen (secondary N) is 1. The highest BCUT2D eigenvalue weighted by Gasteiger charge is 2.16. The lowest BCUT2D eigenvalue weighted by molar-refractivity contribution is 0.205. The molecule has 0 saturated carbocycles. The first-order valence-corrected chi connectivity index (χ1v) is 6.44. The fourth-order valence-corrected chi connectivity index (χ4v) is 2.36. The van der Waals surface area contributed by atoms with Crippen LogP contribution in [0.2, 0.25) is 0 Å². The molecule has 1 aliphatic rings. The van der Waals surface area contributed by atoms with E-state index < -0.39 is 0 Å². The molecule has 1 saturated heterocycles. The van der Waals surface area contributed by atoms with Crippen LogP contribution in [-0.4, -0.2) is 42.7 Å². The molecule has 0 bridgehead atoms. The second-order valence-electron chi connectivity index (χ2n) is 4.90. The summed E-state index contributed by atoms with van der Waals surface area (Å²) < 4.78 is 0. The van der Waals surface area contributed by atoms with Crippen LogP contribution in [0.5, 0.6) is 5.75 Å². The first-order valence-electron chi connectivity index (χ1n) is 6.44. The van der Waals surface area contributed by atoms with Gasteiger partial charge < -0.3 is 15.3 Å². The zero-order valence-electron chi connectivity index (χ0n) is 10.5. The Bertz CT molecular complexity index is 331. The average Bonchev–Trinajstić information content (AvgIpc) is 2.39. The van der Waals surface area contributed by atoms with E-state index in [1.54, 1.807) is 12.1 Å². The van der Waals surface area contributed by atoms with Crippen molar-refractivity contribution in [1.82, 2.24) is 10.2 Å². The van der Waals surface area contributed by atoms with Gasteiger partial charge in [0.1, 0.15) is 5.75 Å². The van der Waals surface area contributed by atoms with Gasteiger partial charge in [-0.3, -0.25) is 0 Å². The smallest absolute Gasteiger partial charge is 0.115 e. The first-order chi connectivity index (χ1) is 8.25. The van der Waals surface area contributed by atoms with Crippen molar-refractivity contribution in [2.75, 3.05) is 26.7 Å². The van der Waals surface area contributed by atoms with Gasteiger partial charge in [-0.05, 0) is 50.6 Å². The molecule has 2 N–H and O–H groups in total.